The third-order valence-corrected chi connectivity index (χ3v) is 3.99. The molecule has 0 atom stereocenters. The van der Waals surface area contributed by atoms with E-state index in [2.05, 4.69) is 5.32 Å². The van der Waals surface area contributed by atoms with Gasteiger partial charge in [0.05, 0.1) is 12.1 Å². The van der Waals surface area contributed by atoms with E-state index in [1.165, 1.54) is 7.11 Å². The standard InChI is InChI=1S/C20H18ClNO4/c1-13-3-6-15(7-4-13)25-12-16-8-10-19(26-16)20(23)22-14-5-9-18(24-2)17(21)11-14/h3-11H,12H2,1-2H3,(H,22,23). The maximum absolute atomic E-state index is 12.3. The number of methoxy groups -OCH3 is 1. The summed E-state index contributed by atoms with van der Waals surface area (Å²) in [5.74, 6) is 1.67. The first-order valence-corrected chi connectivity index (χ1v) is 8.36. The number of ether oxygens (including phenoxy) is 2. The van der Waals surface area contributed by atoms with Crippen molar-refractivity contribution < 1.29 is 18.7 Å². The van der Waals surface area contributed by atoms with Crippen molar-refractivity contribution in [2.24, 2.45) is 0 Å². The third kappa shape index (κ3) is 4.37. The molecule has 0 radical (unpaired) electrons. The Morgan fingerprint density at radius 2 is 1.88 bits per heavy atom. The molecule has 0 saturated heterocycles. The summed E-state index contributed by atoms with van der Waals surface area (Å²) in [7, 11) is 1.53. The van der Waals surface area contributed by atoms with E-state index in [4.69, 9.17) is 25.5 Å². The van der Waals surface area contributed by atoms with E-state index >= 15 is 0 Å². The minimum Gasteiger partial charge on any atom is -0.495 e. The number of hydrogen-bond acceptors (Lipinski definition) is 4. The quantitative estimate of drug-likeness (QED) is 0.656. The van der Waals surface area contributed by atoms with Crippen LogP contribution in [0.1, 0.15) is 21.9 Å². The fourth-order valence-corrected chi connectivity index (χ4v) is 2.56. The average Bonchev–Trinajstić information content (AvgIpc) is 3.11. The van der Waals surface area contributed by atoms with Gasteiger partial charge in [0, 0.05) is 5.69 Å². The summed E-state index contributed by atoms with van der Waals surface area (Å²) in [6.07, 6.45) is 0. The van der Waals surface area contributed by atoms with Crippen LogP contribution in [0.5, 0.6) is 11.5 Å². The molecule has 134 valence electrons. The van der Waals surface area contributed by atoms with Gasteiger partial charge in [0.1, 0.15) is 23.9 Å². The summed E-state index contributed by atoms with van der Waals surface area (Å²) < 4.78 is 16.3. The Morgan fingerprint density at radius 3 is 2.58 bits per heavy atom. The summed E-state index contributed by atoms with van der Waals surface area (Å²) in [6, 6.07) is 16.0. The first kappa shape index (κ1) is 17.9. The number of amides is 1. The van der Waals surface area contributed by atoms with Gasteiger partial charge in [-0.15, -0.1) is 0 Å². The fraction of sp³-hybridized carbons (Fsp3) is 0.150. The maximum atomic E-state index is 12.3. The van der Waals surface area contributed by atoms with Gasteiger partial charge in [-0.3, -0.25) is 4.79 Å². The number of hydrogen-bond donors (Lipinski definition) is 1. The lowest BCUT2D eigenvalue weighted by atomic mass is 10.2. The molecule has 26 heavy (non-hydrogen) atoms. The third-order valence-electron chi connectivity index (χ3n) is 3.70. The van der Waals surface area contributed by atoms with E-state index in [1.54, 1.807) is 30.3 Å². The van der Waals surface area contributed by atoms with Crippen LogP contribution < -0.4 is 14.8 Å². The van der Waals surface area contributed by atoms with Crippen LogP contribution in [0.15, 0.2) is 59.0 Å². The second-order valence-electron chi connectivity index (χ2n) is 5.67. The minimum absolute atomic E-state index is 0.194. The molecule has 3 rings (SSSR count). The minimum atomic E-state index is -0.368. The Balaban J connectivity index is 1.60. The van der Waals surface area contributed by atoms with Crippen LogP contribution >= 0.6 is 11.6 Å². The molecule has 0 spiro atoms. The van der Waals surface area contributed by atoms with Crippen LogP contribution in [0.25, 0.3) is 0 Å². The smallest absolute Gasteiger partial charge is 0.291 e. The number of aryl methyl sites for hydroxylation is 1. The topological polar surface area (TPSA) is 60.7 Å². The van der Waals surface area contributed by atoms with Crippen LogP contribution in [-0.4, -0.2) is 13.0 Å². The maximum Gasteiger partial charge on any atom is 0.291 e. The van der Waals surface area contributed by atoms with Crippen LogP contribution in [0.3, 0.4) is 0 Å². The van der Waals surface area contributed by atoms with Crippen LogP contribution in [0.4, 0.5) is 5.69 Å². The largest absolute Gasteiger partial charge is 0.495 e. The van der Waals surface area contributed by atoms with Crippen molar-refractivity contribution in [3.63, 3.8) is 0 Å². The average molecular weight is 372 g/mol. The van der Waals surface area contributed by atoms with Crippen molar-refractivity contribution >= 4 is 23.2 Å². The van der Waals surface area contributed by atoms with E-state index in [1.807, 2.05) is 31.2 Å². The second-order valence-corrected chi connectivity index (χ2v) is 6.08. The number of anilines is 1. The molecule has 1 N–H and O–H groups in total. The summed E-state index contributed by atoms with van der Waals surface area (Å²) in [5, 5.41) is 3.14. The Morgan fingerprint density at radius 1 is 1.12 bits per heavy atom. The Kier molecular flexibility index (Phi) is 5.49. The lowest BCUT2D eigenvalue weighted by Gasteiger charge is -2.07. The fourth-order valence-electron chi connectivity index (χ4n) is 2.30. The molecule has 1 aromatic heterocycles. The van der Waals surface area contributed by atoms with Gasteiger partial charge < -0.3 is 19.2 Å². The predicted molar refractivity (Wildman–Crippen MR) is 100 cm³/mol. The zero-order valence-electron chi connectivity index (χ0n) is 14.4. The van der Waals surface area contributed by atoms with Crippen molar-refractivity contribution in [1.29, 1.82) is 0 Å². The number of nitrogens with one attached hydrogen (secondary N) is 1. The van der Waals surface area contributed by atoms with Gasteiger partial charge in [0.25, 0.3) is 5.91 Å². The number of rotatable bonds is 6. The van der Waals surface area contributed by atoms with E-state index in [-0.39, 0.29) is 18.3 Å². The van der Waals surface area contributed by atoms with Gasteiger partial charge in [-0.1, -0.05) is 29.3 Å². The van der Waals surface area contributed by atoms with Crippen molar-refractivity contribution in [3.05, 3.63) is 76.7 Å². The molecule has 0 bridgehead atoms. The highest BCUT2D eigenvalue weighted by molar-refractivity contribution is 6.32. The van der Waals surface area contributed by atoms with Crippen molar-refractivity contribution in [2.45, 2.75) is 13.5 Å². The van der Waals surface area contributed by atoms with E-state index in [0.717, 1.165) is 11.3 Å². The Hall–Kier alpha value is -2.92. The zero-order valence-corrected chi connectivity index (χ0v) is 15.2. The summed E-state index contributed by atoms with van der Waals surface area (Å²) >= 11 is 6.06. The molecule has 0 fully saturated rings. The van der Waals surface area contributed by atoms with Crippen LogP contribution in [-0.2, 0) is 6.61 Å². The summed E-state index contributed by atoms with van der Waals surface area (Å²) in [5.41, 5.74) is 1.71. The number of furan rings is 1. The molecule has 3 aromatic rings. The van der Waals surface area contributed by atoms with E-state index < -0.39 is 0 Å². The molecule has 0 aliphatic rings. The molecule has 5 nitrogen and oxygen atoms in total. The number of carbonyl (C=O) groups excluding carboxylic acids is 1. The number of carbonyl (C=O) groups is 1. The monoisotopic (exact) mass is 371 g/mol. The molecule has 1 amide bonds. The van der Waals surface area contributed by atoms with Gasteiger partial charge in [0.2, 0.25) is 0 Å². The normalized spacial score (nSPS) is 10.4. The van der Waals surface area contributed by atoms with Crippen LogP contribution in [0, 0.1) is 6.92 Å². The van der Waals surface area contributed by atoms with Crippen molar-refractivity contribution in [1.82, 2.24) is 0 Å². The lowest BCUT2D eigenvalue weighted by Crippen LogP contribution is -2.10. The Labute approximate surface area is 156 Å². The molecule has 1 heterocycles. The van der Waals surface area contributed by atoms with Gasteiger partial charge in [-0.05, 0) is 49.4 Å². The van der Waals surface area contributed by atoms with Gasteiger partial charge in [-0.2, -0.15) is 0 Å². The summed E-state index contributed by atoms with van der Waals surface area (Å²) in [4.78, 5) is 12.3. The van der Waals surface area contributed by atoms with Gasteiger partial charge in [-0.25, -0.2) is 0 Å². The molecular formula is C20H18ClNO4. The van der Waals surface area contributed by atoms with Gasteiger partial charge >= 0.3 is 0 Å². The lowest BCUT2D eigenvalue weighted by molar-refractivity contribution is 0.0992. The molecule has 0 aliphatic carbocycles. The molecule has 0 aliphatic heterocycles. The molecule has 0 unspecified atom stereocenters. The number of benzene rings is 2. The second kappa shape index (κ2) is 7.97. The van der Waals surface area contributed by atoms with Gasteiger partial charge in [0.15, 0.2) is 5.76 Å². The highest BCUT2D eigenvalue weighted by Crippen LogP contribution is 2.27. The van der Waals surface area contributed by atoms with E-state index in [0.29, 0.717) is 22.2 Å². The molecule has 6 heteroatoms. The Bertz CT molecular complexity index is 902. The molecule has 0 saturated carbocycles. The van der Waals surface area contributed by atoms with Crippen molar-refractivity contribution in [3.8, 4) is 11.5 Å². The number of halogens is 1. The predicted octanol–water partition coefficient (Wildman–Crippen LogP) is 5.08. The van der Waals surface area contributed by atoms with E-state index in [9.17, 15) is 4.79 Å². The highest BCUT2D eigenvalue weighted by Gasteiger charge is 2.13. The molecular weight excluding hydrogens is 354 g/mol. The zero-order chi connectivity index (χ0) is 18.5. The highest BCUT2D eigenvalue weighted by atomic mass is 35.5. The van der Waals surface area contributed by atoms with Crippen molar-refractivity contribution in [2.75, 3.05) is 12.4 Å². The molecule has 2 aromatic carbocycles. The summed E-state index contributed by atoms with van der Waals surface area (Å²) in [6.45, 7) is 2.25. The SMILES string of the molecule is COc1ccc(NC(=O)c2ccc(COc3ccc(C)cc3)o2)cc1Cl. The first-order valence-electron chi connectivity index (χ1n) is 7.98. The first-order chi connectivity index (χ1) is 12.5. The van der Waals surface area contributed by atoms with Crippen LogP contribution in [0.2, 0.25) is 5.02 Å².